The molecule has 1 N–H and O–H groups in total. The fourth-order valence-electron chi connectivity index (χ4n) is 2.58. The van der Waals surface area contributed by atoms with Gasteiger partial charge in [0.2, 0.25) is 0 Å². The summed E-state index contributed by atoms with van der Waals surface area (Å²) in [5.41, 5.74) is -1.07. The molecule has 0 bridgehead atoms. The molecule has 2 heteroatoms. The third-order valence-electron chi connectivity index (χ3n) is 3.62. The summed E-state index contributed by atoms with van der Waals surface area (Å²) in [6, 6.07) is 0. The fraction of sp³-hybridized carbons (Fsp3) is 0.938. The van der Waals surface area contributed by atoms with Gasteiger partial charge in [-0.15, -0.1) is 0 Å². The van der Waals surface area contributed by atoms with Gasteiger partial charge in [0.1, 0.15) is 5.60 Å². The van der Waals surface area contributed by atoms with Gasteiger partial charge in [0.15, 0.2) is 5.78 Å². The number of ketones is 1. The second kappa shape index (κ2) is 8.68. The lowest BCUT2D eigenvalue weighted by molar-refractivity contribution is -0.143. The number of carbonyl (C=O) groups excluding carboxylic acids is 1. The lowest BCUT2D eigenvalue weighted by Gasteiger charge is -2.30. The molecule has 0 rings (SSSR count). The van der Waals surface area contributed by atoms with Crippen LogP contribution in [0.5, 0.6) is 0 Å². The van der Waals surface area contributed by atoms with Gasteiger partial charge in [0.25, 0.3) is 0 Å². The predicted octanol–water partition coefficient (Wildman–Crippen LogP) is 4.35. The van der Waals surface area contributed by atoms with E-state index in [4.69, 9.17) is 0 Å². The molecule has 0 unspecified atom stereocenters. The normalized spacial score (nSPS) is 13.9. The maximum absolute atomic E-state index is 12.5. The molecule has 18 heavy (non-hydrogen) atoms. The summed E-state index contributed by atoms with van der Waals surface area (Å²) in [4.78, 5) is 12.5. The number of Topliss-reactive ketones (excluding diaryl/α,β-unsaturated/α-hetero) is 1. The molecule has 0 saturated carbocycles. The maximum Gasteiger partial charge on any atom is 0.167 e. The Morgan fingerprint density at radius 1 is 1.06 bits per heavy atom. The molecular formula is C16H32O2. The van der Waals surface area contributed by atoms with Crippen LogP contribution in [-0.2, 0) is 4.79 Å². The van der Waals surface area contributed by atoms with Gasteiger partial charge in [-0.1, -0.05) is 60.3 Å². The summed E-state index contributed by atoms with van der Waals surface area (Å²) in [5.74, 6) is 0.548. The van der Waals surface area contributed by atoms with E-state index in [0.717, 1.165) is 32.1 Å². The first kappa shape index (κ1) is 17.6. The molecule has 1 atom stereocenters. The molecule has 0 amide bonds. The topological polar surface area (TPSA) is 37.3 Å². The molecule has 0 radical (unpaired) electrons. The van der Waals surface area contributed by atoms with Crippen molar-refractivity contribution < 1.29 is 9.90 Å². The van der Waals surface area contributed by atoms with Crippen molar-refractivity contribution in [2.24, 2.45) is 11.8 Å². The van der Waals surface area contributed by atoms with Crippen LogP contribution in [0.15, 0.2) is 0 Å². The number of aliphatic hydroxyl groups is 1. The van der Waals surface area contributed by atoms with Crippen LogP contribution in [0.2, 0.25) is 0 Å². The van der Waals surface area contributed by atoms with E-state index in [2.05, 4.69) is 27.7 Å². The van der Waals surface area contributed by atoms with Crippen LogP contribution in [0.25, 0.3) is 0 Å². The first-order valence-corrected chi connectivity index (χ1v) is 7.64. The van der Waals surface area contributed by atoms with Crippen LogP contribution >= 0.6 is 0 Å². The molecule has 0 saturated heterocycles. The molecule has 0 aliphatic carbocycles. The largest absolute Gasteiger partial charge is 0.382 e. The van der Waals surface area contributed by atoms with E-state index < -0.39 is 5.60 Å². The number of rotatable bonds is 10. The highest BCUT2D eigenvalue weighted by atomic mass is 16.3. The molecule has 108 valence electrons. The van der Waals surface area contributed by atoms with Gasteiger partial charge in [-0.3, -0.25) is 4.79 Å². The van der Waals surface area contributed by atoms with Gasteiger partial charge >= 0.3 is 0 Å². The molecule has 0 aliphatic rings. The average Bonchev–Trinajstić information content (AvgIpc) is 2.32. The summed E-state index contributed by atoms with van der Waals surface area (Å²) < 4.78 is 0. The van der Waals surface area contributed by atoms with E-state index in [1.165, 1.54) is 0 Å². The minimum absolute atomic E-state index is 0.0243. The first-order chi connectivity index (χ1) is 8.37. The summed E-state index contributed by atoms with van der Waals surface area (Å²) >= 11 is 0. The van der Waals surface area contributed by atoms with Gasteiger partial charge in [-0.05, 0) is 25.2 Å². The van der Waals surface area contributed by atoms with Crippen molar-refractivity contribution in [1.82, 2.24) is 0 Å². The van der Waals surface area contributed by atoms with Crippen molar-refractivity contribution in [2.45, 2.75) is 85.2 Å². The number of carbonyl (C=O) groups is 1. The zero-order chi connectivity index (χ0) is 14.2. The van der Waals surface area contributed by atoms with Gasteiger partial charge in [0, 0.05) is 5.92 Å². The van der Waals surface area contributed by atoms with Crippen LogP contribution in [0.3, 0.4) is 0 Å². The van der Waals surface area contributed by atoms with Crippen molar-refractivity contribution in [2.75, 3.05) is 0 Å². The molecule has 0 aromatic heterocycles. The molecule has 0 aliphatic heterocycles. The van der Waals surface area contributed by atoms with Gasteiger partial charge in [-0.2, -0.15) is 0 Å². The van der Waals surface area contributed by atoms with Crippen LogP contribution < -0.4 is 0 Å². The molecular weight excluding hydrogens is 224 g/mol. The van der Waals surface area contributed by atoms with E-state index in [1.807, 2.05) is 6.92 Å². The second-order valence-electron chi connectivity index (χ2n) is 6.13. The summed E-state index contributed by atoms with van der Waals surface area (Å²) in [6.45, 7) is 10.4. The Morgan fingerprint density at radius 3 is 1.83 bits per heavy atom. The molecule has 0 aromatic carbocycles. The highest BCUT2D eigenvalue weighted by Gasteiger charge is 2.37. The molecule has 2 nitrogen and oxygen atoms in total. The SMILES string of the molecule is CCCCC(O)(CCCC)C(=O)[C@@H](C)CC(C)C. The fourth-order valence-corrected chi connectivity index (χ4v) is 2.58. The smallest absolute Gasteiger partial charge is 0.167 e. The van der Waals surface area contributed by atoms with Crippen molar-refractivity contribution in [1.29, 1.82) is 0 Å². The minimum atomic E-state index is -1.07. The number of unbranched alkanes of at least 4 members (excludes halogenated alkanes) is 2. The maximum atomic E-state index is 12.5. The molecule has 0 spiro atoms. The Kier molecular flexibility index (Phi) is 8.51. The van der Waals surface area contributed by atoms with Gasteiger partial charge in [0.05, 0.1) is 0 Å². The lowest BCUT2D eigenvalue weighted by atomic mass is 9.79. The highest BCUT2D eigenvalue weighted by Crippen LogP contribution is 2.28. The van der Waals surface area contributed by atoms with Crippen LogP contribution in [-0.4, -0.2) is 16.5 Å². The van der Waals surface area contributed by atoms with Gasteiger partial charge in [-0.25, -0.2) is 0 Å². The molecule has 0 heterocycles. The van der Waals surface area contributed by atoms with Crippen molar-refractivity contribution >= 4 is 5.78 Å². The van der Waals surface area contributed by atoms with Crippen molar-refractivity contribution in [3.63, 3.8) is 0 Å². The van der Waals surface area contributed by atoms with Crippen LogP contribution in [0, 0.1) is 11.8 Å². The summed E-state index contributed by atoms with van der Waals surface area (Å²) in [5, 5.41) is 10.7. The average molecular weight is 256 g/mol. The Morgan fingerprint density at radius 2 is 1.50 bits per heavy atom. The van der Waals surface area contributed by atoms with E-state index >= 15 is 0 Å². The molecule has 0 fully saturated rings. The predicted molar refractivity (Wildman–Crippen MR) is 77.6 cm³/mol. The second-order valence-corrected chi connectivity index (χ2v) is 6.13. The Hall–Kier alpha value is -0.370. The Bertz CT molecular complexity index is 225. The first-order valence-electron chi connectivity index (χ1n) is 7.64. The Labute approximate surface area is 113 Å². The third kappa shape index (κ3) is 5.99. The quantitative estimate of drug-likeness (QED) is 0.631. The summed E-state index contributed by atoms with van der Waals surface area (Å²) in [7, 11) is 0. The van der Waals surface area contributed by atoms with Crippen molar-refractivity contribution in [3.05, 3.63) is 0 Å². The van der Waals surface area contributed by atoms with Gasteiger partial charge < -0.3 is 5.11 Å². The monoisotopic (exact) mass is 256 g/mol. The van der Waals surface area contributed by atoms with Crippen LogP contribution in [0.1, 0.15) is 79.6 Å². The summed E-state index contributed by atoms with van der Waals surface area (Å²) in [6.07, 6.45) is 6.05. The number of hydrogen-bond donors (Lipinski definition) is 1. The zero-order valence-electron chi connectivity index (χ0n) is 13.0. The zero-order valence-corrected chi connectivity index (χ0v) is 13.0. The minimum Gasteiger partial charge on any atom is -0.382 e. The standard InChI is InChI=1S/C16H32O2/c1-6-8-10-16(18,11-9-7-2)15(17)14(5)12-13(3)4/h13-14,18H,6-12H2,1-5H3/t14-/m0/s1. The Balaban J connectivity index is 4.65. The van der Waals surface area contributed by atoms with E-state index in [-0.39, 0.29) is 11.7 Å². The number of hydrogen-bond acceptors (Lipinski definition) is 2. The van der Waals surface area contributed by atoms with E-state index in [1.54, 1.807) is 0 Å². The van der Waals surface area contributed by atoms with E-state index in [0.29, 0.717) is 18.8 Å². The molecule has 0 aromatic rings. The lowest BCUT2D eigenvalue weighted by Crippen LogP contribution is -2.42. The van der Waals surface area contributed by atoms with Crippen LogP contribution in [0.4, 0.5) is 0 Å². The third-order valence-corrected chi connectivity index (χ3v) is 3.62. The van der Waals surface area contributed by atoms with E-state index in [9.17, 15) is 9.90 Å². The highest BCUT2D eigenvalue weighted by molar-refractivity contribution is 5.88. The van der Waals surface area contributed by atoms with Crippen molar-refractivity contribution in [3.8, 4) is 0 Å².